The second-order valence-corrected chi connectivity index (χ2v) is 7.12. The van der Waals surface area contributed by atoms with Crippen molar-refractivity contribution in [3.8, 4) is 0 Å². The van der Waals surface area contributed by atoms with E-state index < -0.39 is 0 Å². The SMILES string of the molecule is CCC(CCCC(C1NC1C)[N+](C)(C)C)C(C)N. The maximum atomic E-state index is 6.03. The number of quaternary nitrogens is 1. The third-order valence-electron chi connectivity index (χ3n) is 4.64. The highest BCUT2D eigenvalue weighted by Gasteiger charge is 2.45. The number of nitrogens with two attached hydrogens (primary N) is 1. The number of hydrogen-bond donors (Lipinski definition) is 2. The molecule has 0 amide bonds. The van der Waals surface area contributed by atoms with Gasteiger partial charge in [0.2, 0.25) is 0 Å². The molecule has 0 aromatic carbocycles. The van der Waals surface area contributed by atoms with Gasteiger partial charge >= 0.3 is 0 Å². The molecule has 1 fully saturated rings. The van der Waals surface area contributed by atoms with Gasteiger partial charge in [-0.25, -0.2) is 0 Å². The Hall–Kier alpha value is -0.120. The first kappa shape index (κ1) is 15.9. The summed E-state index contributed by atoms with van der Waals surface area (Å²) in [5.74, 6) is 0.697. The van der Waals surface area contributed by atoms with E-state index in [1.54, 1.807) is 0 Å². The van der Waals surface area contributed by atoms with Crippen molar-refractivity contribution in [2.24, 2.45) is 11.7 Å². The van der Waals surface area contributed by atoms with Crippen molar-refractivity contribution in [3.05, 3.63) is 0 Å². The lowest BCUT2D eigenvalue weighted by molar-refractivity contribution is -0.896. The number of nitrogens with one attached hydrogen (secondary N) is 1. The van der Waals surface area contributed by atoms with Crippen LogP contribution in [0.5, 0.6) is 0 Å². The Morgan fingerprint density at radius 2 is 1.78 bits per heavy atom. The van der Waals surface area contributed by atoms with Gasteiger partial charge in [0.25, 0.3) is 0 Å². The highest BCUT2D eigenvalue weighted by molar-refractivity contribution is 5.00. The maximum absolute atomic E-state index is 6.03. The smallest absolute Gasteiger partial charge is 0.105 e. The molecule has 0 aliphatic carbocycles. The van der Waals surface area contributed by atoms with E-state index in [0.29, 0.717) is 18.0 Å². The summed E-state index contributed by atoms with van der Waals surface area (Å²) in [5.41, 5.74) is 6.03. The van der Waals surface area contributed by atoms with Gasteiger partial charge in [0.05, 0.1) is 27.2 Å². The fourth-order valence-corrected chi connectivity index (χ4v) is 3.17. The Labute approximate surface area is 114 Å². The first-order chi connectivity index (χ1) is 8.27. The average Bonchev–Trinajstić information content (AvgIpc) is 2.92. The molecular weight excluding hydrogens is 222 g/mol. The van der Waals surface area contributed by atoms with Crippen LogP contribution in [0, 0.1) is 5.92 Å². The molecule has 18 heavy (non-hydrogen) atoms. The van der Waals surface area contributed by atoms with E-state index in [0.717, 1.165) is 16.6 Å². The molecule has 3 N–H and O–H groups in total. The first-order valence-corrected chi connectivity index (χ1v) is 7.60. The van der Waals surface area contributed by atoms with Crippen LogP contribution in [0.15, 0.2) is 0 Å². The summed E-state index contributed by atoms with van der Waals surface area (Å²) < 4.78 is 1.07. The van der Waals surface area contributed by atoms with Crippen LogP contribution in [0.25, 0.3) is 0 Å². The molecule has 5 unspecified atom stereocenters. The van der Waals surface area contributed by atoms with Gasteiger partial charge in [-0.3, -0.25) is 0 Å². The molecule has 1 aliphatic rings. The lowest BCUT2D eigenvalue weighted by Gasteiger charge is -2.34. The Morgan fingerprint density at radius 3 is 2.11 bits per heavy atom. The fourth-order valence-electron chi connectivity index (χ4n) is 3.17. The normalized spacial score (nSPS) is 28.8. The van der Waals surface area contributed by atoms with Crippen molar-refractivity contribution in [1.82, 2.24) is 5.32 Å². The van der Waals surface area contributed by atoms with Gasteiger partial charge in [-0.05, 0) is 32.6 Å². The number of rotatable bonds is 8. The van der Waals surface area contributed by atoms with Crippen molar-refractivity contribution in [2.75, 3.05) is 21.1 Å². The molecule has 5 atom stereocenters. The van der Waals surface area contributed by atoms with Gasteiger partial charge in [0.1, 0.15) is 6.04 Å². The van der Waals surface area contributed by atoms with Crippen LogP contribution in [0.2, 0.25) is 0 Å². The Morgan fingerprint density at radius 1 is 1.22 bits per heavy atom. The molecule has 0 radical (unpaired) electrons. The van der Waals surface area contributed by atoms with E-state index in [9.17, 15) is 0 Å². The third kappa shape index (κ3) is 4.52. The maximum Gasteiger partial charge on any atom is 0.105 e. The van der Waals surface area contributed by atoms with Gasteiger partial charge < -0.3 is 15.5 Å². The summed E-state index contributed by atoms with van der Waals surface area (Å²) in [4.78, 5) is 0. The van der Waals surface area contributed by atoms with Crippen LogP contribution in [0.1, 0.15) is 46.5 Å². The molecule has 0 spiro atoms. The zero-order valence-electron chi connectivity index (χ0n) is 13.2. The van der Waals surface area contributed by atoms with Crippen LogP contribution in [0.4, 0.5) is 0 Å². The van der Waals surface area contributed by atoms with E-state index >= 15 is 0 Å². The average molecular weight is 256 g/mol. The summed E-state index contributed by atoms with van der Waals surface area (Å²) in [6.45, 7) is 6.70. The van der Waals surface area contributed by atoms with E-state index in [1.807, 2.05) is 0 Å². The quantitative estimate of drug-likeness (QED) is 0.515. The summed E-state index contributed by atoms with van der Waals surface area (Å²) in [5, 5.41) is 3.57. The Kier molecular flexibility index (Phi) is 5.63. The second kappa shape index (κ2) is 6.36. The van der Waals surface area contributed by atoms with E-state index in [-0.39, 0.29) is 0 Å². The first-order valence-electron chi connectivity index (χ1n) is 7.60. The van der Waals surface area contributed by atoms with Crippen LogP contribution in [-0.4, -0.2) is 49.8 Å². The highest BCUT2D eigenvalue weighted by Crippen LogP contribution is 2.26. The largest absolute Gasteiger partial charge is 0.328 e. The monoisotopic (exact) mass is 256 g/mol. The lowest BCUT2D eigenvalue weighted by atomic mass is 9.91. The molecule has 0 bridgehead atoms. The zero-order chi connectivity index (χ0) is 13.9. The van der Waals surface area contributed by atoms with Crippen LogP contribution in [-0.2, 0) is 0 Å². The number of nitrogens with zero attached hydrogens (tertiary/aromatic N) is 1. The van der Waals surface area contributed by atoms with E-state index in [4.69, 9.17) is 5.73 Å². The van der Waals surface area contributed by atoms with Crippen molar-refractivity contribution >= 4 is 0 Å². The Bertz CT molecular complexity index is 245. The highest BCUT2D eigenvalue weighted by atomic mass is 15.4. The summed E-state index contributed by atoms with van der Waals surface area (Å²) >= 11 is 0. The van der Waals surface area contributed by atoms with Gasteiger partial charge in [0, 0.05) is 18.5 Å². The molecule has 0 aromatic rings. The van der Waals surface area contributed by atoms with E-state index in [2.05, 4.69) is 47.2 Å². The third-order valence-corrected chi connectivity index (χ3v) is 4.64. The minimum atomic E-state index is 0.343. The molecule has 1 heterocycles. The molecule has 108 valence electrons. The zero-order valence-corrected chi connectivity index (χ0v) is 13.2. The van der Waals surface area contributed by atoms with Gasteiger partial charge in [-0.2, -0.15) is 0 Å². The standard InChI is InChI=1S/C15H34N3/c1-7-13(11(2)16)9-8-10-14(18(4,5)6)15-12(3)17-15/h11-15,17H,7-10,16H2,1-6H3/q+1. The van der Waals surface area contributed by atoms with Crippen molar-refractivity contribution in [3.63, 3.8) is 0 Å². The minimum Gasteiger partial charge on any atom is -0.328 e. The molecule has 1 saturated heterocycles. The van der Waals surface area contributed by atoms with E-state index in [1.165, 1.54) is 25.7 Å². The van der Waals surface area contributed by atoms with Crippen molar-refractivity contribution < 1.29 is 4.48 Å². The van der Waals surface area contributed by atoms with Crippen LogP contribution >= 0.6 is 0 Å². The second-order valence-electron chi connectivity index (χ2n) is 7.12. The number of hydrogen-bond acceptors (Lipinski definition) is 2. The summed E-state index contributed by atoms with van der Waals surface area (Å²) in [7, 11) is 6.96. The predicted molar refractivity (Wildman–Crippen MR) is 79.5 cm³/mol. The minimum absolute atomic E-state index is 0.343. The molecule has 0 aromatic heterocycles. The Balaban J connectivity index is 2.39. The lowest BCUT2D eigenvalue weighted by Crippen LogP contribution is -2.49. The van der Waals surface area contributed by atoms with Gasteiger partial charge in [-0.15, -0.1) is 0 Å². The molecule has 1 aliphatic heterocycles. The fraction of sp³-hybridized carbons (Fsp3) is 1.00. The summed E-state index contributed by atoms with van der Waals surface area (Å²) in [6, 6.07) is 2.52. The summed E-state index contributed by atoms with van der Waals surface area (Å²) in [6.07, 6.45) is 5.12. The van der Waals surface area contributed by atoms with Crippen LogP contribution in [0.3, 0.4) is 0 Å². The van der Waals surface area contributed by atoms with Gasteiger partial charge in [-0.1, -0.05) is 13.3 Å². The topological polar surface area (TPSA) is 48.0 Å². The molecule has 3 heteroatoms. The molecular formula is C15H34N3+. The molecule has 1 rings (SSSR count). The number of likely N-dealkylation sites (N-methyl/N-ethyl adjacent to an activating group) is 1. The molecule has 3 nitrogen and oxygen atoms in total. The predicted octanol–water partition coefficient (Wildman–Crippen LogP) is 1.97. The van der Waals surface area contributed by atoms with Crippen molar-refractivity contribution in [1.29, 1.82) is 0 Å². The van der Waals surface area contributed by atoms with Crippen molar-refractivity contribution in [2.45, 2.75) is 70.6 Å². The van der Waals surface area contributed by atoms with Crippen LogP contribution < -0.4 is 11.1 Å². The molecule has 0 saturated carbocycles. The van der Waals surface area contributed by atoms with Gasteiger partial charge in [0.15, 0.2) is 0 Å².